The third kappa shape index (κ3) is 1.85. The minimum atomic E-state index is 0.0537. The van der Waals surface area contributed by atoms with E-state index in [-0.39, 0.29) is 5.75 Å². The van der Waals surface area contributed by atoms with Gasteiger partial charge >= 0.3 is 0 Å². The third-order valence-corrected chi connectivity index (χ3v) is 3.08. The lowest BCUT2D eigenvalue weighted by Crippen LogP contribution is -2.18. The third-order valence-electron chi connectivity index (χ3n) is 3.08. The number of aromatic hydroxyl groups is 1. The summed E-state index contributed by atoms with van der Waals surface area (Å²) in [4.78, 5) is 6.44. The van der Waals surface area contributed by atoms with Crippen LogP contribution in [0.3, 0.4) is 0 Å². The van der Waals surface area contributed by atoms with Crippen molar-refractivity contribution in [2.24, 2.45) is 0 Å². The van der Waals surface area contributed by atoms with E-state index in [1.54, 1.807) is 12.1 Å². The average Bonchev–Trinajstić information content (AvgIpc) is 3.01. The summed E-state index contributed by atoms with van der Waals surface area (Å²) in [5.41, 5.74) is 6.65. The summed E-state index contributed by atoms with van der Waals surface area (Å²) in [7, 11) is 0. The summed E-state index contributed by atoms with van der Waals surface area (Å²) in [6, 6.07) is 4.84. The highest BCUT2D eigenvalue weighted by atomic mass is 16.5. The number of phenols is 1. The molecular weight excluding hydrogens is 232 g/mol. The minimum Gasteiger partial charge on any atom is -0.506 e. The number of rotatable bonds is 2. The SMILES string of the molecule is Nc1cc(-c2nc(N3CCCC3)no2)ccc1O. The van der Waals surface area contributed by atoms with Crippen LogP contribution in [0.5, 0.6) is 5.75 Å². The maximum atomic E-state index is 9.37. The molecule has 1 aromatic carbocycles. The molecule has 1 saturated heterocycles. The molecule has 6 heteroatoms. The van der Waals surface area contributed by atoms with Crippen LogP contribution in [0.2, 0.25) is 0 Å². The van der Waals surface area contributed by atoms with E-state index >= 15 is 0 Å². The second-order valence-corrected chi connectivity index (χ2v) is 4.37. The van der Waals surface area contributed by atoms with Crippen LogP contribution >= 0.6 is 0 Å². The fraction of sp³-hybridized carbons (Fsp3) is 0.333. The first-order valence-electron chi connectivity index (χ1n) is 5.91. The molecule has 1 aromatic heterocycles. The molecule has 2 heterocycles. The molecule has 1 fully saturated rings. The summed E-state index contributed by atoms with van der Waals surface area (Å²) >= 11 is 0. The van der Waals surface area contributed by atoms with Crippen LogP contribution in [-0.2, 0) is 0 Å². The zero-order chi connectivity index (χ0) is 12.5. The van der Waals surface area contributed by atoms with E-state index in [0.717, 1.165) is 25.9 Å². The predicted octanol–water partition coefficient (Wildman–Crippen LogP) is 1.62. The van der Waals surface area contributed by atoms with Crippen molar-refractivity contribution in [1.29, 1.82) is 0 Å². The highest BCUT2D eigenvalue weighted by molar-refractivity contribution is 5.65. The van der Waals surface area contributed by atoms with Gasteiger partial charge in [-0.15, -0.1) is 0 Å². The first kappa shape index (κ1) is 10.9. The molecule has 18 heavy (non-hydrogen) atoms. The fourth-order valence-corrected chi connectivity index (χ4v) is 2.07. The monoisotopic (exact) mass is 246 g/mol. The Morgan fingerprint density at radius 3 is 2.78 bits per heavy atom. The zero-order valence-electron chi connectivity index (χ0n) is 9.83. The molecule has 0 atom stereocenters. The maximum Gasteiger partial charge on any atom is 0.266 e. The number of nitrogens with zero attached hydrogens (tertiary/aromatic N) is 3. The number of hydrogen-bond donors (Lipinski definition) is 2. The van der Waals surface area contributed by atoms with Gasteiger partial charge in [0.05, 0.1) is 5.69 Å². The second kappa shape index (κ2) is 4.21. The Hall–Kier alpha value is -2.24. The van der Waals surface area contributed by atoms with Gasteiger partial charge in [0.25, 0.3) is 11.8 Å². The van der Waals surface area contributed by atoms with Crippen LogP contribution in [0.1, 0.15) is 12.8 Å². The first-order chi connectivity index (χ1) is 8.74. The molecule has 0 saturated carbocycles. The molecule has 2 aromatic rings. The molecule has 1 aliphatic rings. The van der Waals surface area contributed by atoms with Crippen molar-refractivity contribution in [2.75, 3.05) is 23.7 Å². The van der Waals surface area contributed by atoms with Crippen LogP contribution in [0.15, 0.2) is 22.7 Å². The smallest absolute Gasteiger partial charge is 0.266 e. The number of nitrogens with two attached hydrogens (primary N) is 1. The van der Waals surface area contributed by atoms with E-state index in [2.05, 4.69) is 15.0 Å². The lowest BCUT2D eigenvalue weighted by molar-refractivity contribution is 0.430. The van der Waals surface area contributed by atoms with E-state index in [9.17, 15) is 5.11 Å². The number of hydrogen-bond acceptors (Lipinski definition) is 6. The van der Waals surface area contributed by atoms with Gasteiger partial charge < -0.3 is 20.3 Å². The van der Waals surface area contributed by atoms with Gasteiger partial charge in [-0.3, -0.25) is 0 Å². The first-order valence-corrected chi connectivity index (χ1v) is 5.91. The molecule has 0 amide bonds. The molecule has 3 N–H and O–H groups in total. The predicted molar refractivity (Wildman–Crippen MR) is 67.3 cm³/mol. The molecule has 0 radical (unpaired) electrons. The normalized spacial score (nSPS) is 15.2. The quantitative estimate of drug-likeness (QED) is 0.618. The summed E-state index contributed by atoms with van der Waals surface area (Å²) in [5.74, 6) is 1.09. The van der Waals surface area contributed by atoms with Crippen molar-refractivity contribution in [3.63, 3.8) is 0 Å². The molecular formula is C12H14N4O2. The number of phenolic OH excluding ortho intramolecular Hbond substituents is 1. The molecule has 0 aliphatic carbocycles. The molecule has 0 unspecified atom stereocenters. The second-order valence-electron chi connectivity index (χ2n) is 4.37. The Balaban J connectivity index is 1.89. The van der Waals surface area contributed by atoms with Gasteiger partial charge in [0, 0.05) is 18.7 Å². The Morgan fingerprint density at radius 1 is 1.28 bits per heavy atom. The summed E-state index contributed by atoms with van der Waals surface area (Å²) in [6.45, 7) is 1.94. The molecule has 6 nitrogen and oxygen atoms in total. The standard InChI is InChI=1S/C12H14N4O2/c13-9-7-8(3-4-10(9)17)11-14-12(15-18-11)16-5-1-2-6-16/h3-4,7,17H,1-2,5-6,13H2. The van der Waals surface area contributed by atoms with E-state index < -0.39 is 0 Å². The largest absolute Gasteiger partial charge is 0.506 e. The highest BCUT2D eigenvalue weighted by Gasteiger charge is 2.18. The van der Waals surface area contributed by atoms with Crippen molar-refractivity contribution in [1.82, 2.24) is 10.1 Å². The average molecular weight is 246 g/mol. The van der Waals surface area contributed by atoms with Gasteiger partial charge in [0.2, 0.25) is 0 Å². The Labute approximate surface area is 104 Å². The topological polar surface area (TPSA) is 88.4 Å². The van der Waals surface area contributed by atoms with Gasteiger partial charge in [-0.2, -0.15) is 4.98 Å². The Bertz CT molecular complexity index is 561. The fourth-order valence-electron chi connectivity index (χ4n) is 2.07. The van der Waals surface area contributed by atoms with Crippen LogP contribution in [0, 0.1) is 0 Å². The Morgan fingerprint density at radius 2 is 2.06 bits per heavy atom. The number of aromatic nitrogens is 2. The van der Waals surface area contributed by atoms with Gasteiger partial charge in [0.1, 0.15) is 5.75 Å². The lowest BCUT2D eigenvalue weighted by Gasteiger charge is -2.09. The van der Waals surface area contributed by atoms with Crippen molar-refractivity contribution in [3.05, 3.63) is 18.2 Å². The van der Waals surface area contributed by atoms with Gasteiger partial charge in [-0.05, 0) is 36.2 Å². The summed E-state index contributed by atoms with van der Waals surface area (Å²) < 4.78 is 5.22. The van der Waals surface area contributed by atoms with E-state index in [1.165, 1.54) is 6.07 Å². The van der Waals surface area contributed by atoms with E-state index in [1.807, 2.05) is 0 Å². The molecule has 0 spiro atoms. The van der Waals surface area contributed by atoms with Crippen molar-refractivity contribution >= 4 is 11.6 Å². The Kier molecular flexibility index (Phi) is 2.55. The van der Waals surface area contributed by atoms with Gasteiger partial charge in [-0.25, -0.2) is 0 Å². The van der Waals surface area contributed by atoms with Crippen LogP contribution in [0.25, 0.3) is 11.5 Å². The van der Waals surface area contributed by atoms with Gasteiger partial charge in [-0.1, -0.05) is 0 Å². The molecule has 0 bridgehead atoms. The van der Waals surface area contributed by atoms with Gasteiger partial charge in [0.15, 0.2) is 0 Å². The molecule has 1 aliphatic heterocycles. The molecule has 94 valence electrons. The van der Waals surface area contributed by atoms with Crippen LogP contribution in [-0.4, -0.2) is 28.3 Å². The minimum absolute atomic E-state index is 0.0537. The number of benzene rings is 1. The maximum absolute atomic E-state index is 9.37. The van der Waals surface area contributed by atoms with Crippen LogP contribution in [0.4, 0.5) is 11.6 Å². The van der Waals surface area contributed by atoms with E-state index in [0.29, 0.717) is 23.1 Å². The van der Waals surface area contributed by atoms with Crippen LogP contribution < -0.4 is 10.6 Å². The zero-order valence-corrected chi connectivity index (χ0v) is 9.83. The number of nitrogen functional groups attached to an aromatic ring is 1. The van der Waals surface area contributed by atoms with Crippen molar-refractivity contribution < 1.29 is 9.63 Å². The van der Waals surface area contributed by atoms with E-state index in [4.69, 9.17) is 10.3 Å². The summed E-state index contributed by atoms with van der Waals surface area (Å²) in [5, 5.41) is 13.3. The van der Waals surface area contributed by atoms with Crippen molar-refractivity contribution in [3.8, 4) is 17.2 Å². The highest BCUT2D eigenvalue weighted by Crippen LogP contribution is 2.28. The summed E-state index contributed by atoms with van der Waals surface area (Å²) in [6.07, 6.45) is 2.33. The van der Waals surface area contributed by atoms with Crippen molar-refractivity contribution in [2.45, 2.75) is 12.8 Å². The molecule has 3 rings (SSSR count). The number of anilines is 2. The lowest BCUT2D eigenvalue weighted by atomic mass is 10.2.